The number of hydrogen-bond donors (Lipinski definition) is 1. The maximum absolute atomic E-state index is 11.8. The third kappa shape index (κ3) is 16.7. The van der Waals surface area contributed by atoms with Crippen molar-refractivity contribution in [2.75, 3.05) is 20.2 Å². The Morgan fingerprint density at radius 2 is 1.57 bits per heavy atom. The number of ether oxygens (including phenoxy) is 2. The molecule has 0 saturated carbocycles. The number of amides is 2. The maximum atomic E-state index is 11.8. The summed E-state index contributed by atoms with van der Waals surface area (Å²) in [6.45, 7) is 31.6. The van der Waals surface area contributed by atoms with Crippen molar-refractivity contribution >= 4 is 40.6 Å². The monoisotopic (exact) mass is 748 g/mol. The Morgan fingerprint density at radius 3 is 2.08 bits per heavy atom. The van der Waals surface area contributed by atoms with E-state index in [0.29, 0.717) is 19.0 Å². The van der Waals surface area contributed by atoms with E-state index in [1.807, 2.05) is 79.7 Å². The average Bonchev–Trinajstić information content (AvgIpc) is 3.49. The number of aromatic nitrogens is 3. The molecule has 0 radical (unpaired) electrons. The van der Waals surface area contributed by atoms with Crippen LogP contribution in [0.25, 0.3) is 5.00 Å². The number of halogens is 1. The van der Waals surface area contributed by atoms with Crippen molar-refractivity contribution in [1.82, 2.24) is 19.7 Å². The molecule has 0 atom stereocenters. The Bertz CT molecular complexity index is 1520. The third-order valence-corrected chi connectivity index (χ3v) is 8.58. The Balaban J connectivity index is 0.000000823. The Labute approximate surface area is 317 Å². The van der Waals surface area contributed by atoms with Gasteiger partial charge in [-0.3, -0.25) is 14.4 Å². The molecule has 1 aliphatic heterocycles. The van der Waals surface area contributed by atoms with Gasteiger partial charge in [0.25, 0.3) is 0 Å². The van der Waals surface area contributed by atoms with Crippen LogP contribution in [0.3, 0.4) is 0 Å². The third-order valence-electron chi connectivity index (χ3n) is 7.14. The molecule has 3 aromatic rings. The fourth-order valence-corrected chi connectivity index (χ4v) is 5.75. The van der Waals surface area contributed by atoms with Crippen LogP contribution in [0, 0.1) is 26.7 Å². The number of fused-ring (bicyclic) bond motifs is 3. The number of nitrogens with two attached hydrogens (primary N) is 1. The van der Waals surface area contributed by atoms with Crippen LogP contribution in [0.5, 0.6) is 0 Å². The molecular weight excluding hydrogens is 684 g/mol. The molecule has 2 amide bonds. The van der Waals surface area contributed by atoms with Crippen molar-refractivity contribution in [2.45, 2.75) is 134 Å². The van der Waals surface area contributed by atoms with Gasteiger partial charge >= 0.3 is 6.09 Å². The van der Waals surface area contributed by atoms with Gasteiger partial charge in [0.15, 0.2) is 5.82 Å². The molecule has 288 valence electrons. The normalized spacial score (nSPS) is 11.7. The molecule has 10 nitrogen and oxygen atoms in total. The highest BCUT2D eigenvalue weighted by Gasteiger charge is 2.27. The van der Waals surface area contributed by atoms with E-state index in [-0.39, 0.29) is 17.6 Å². The lowest BCUT2D eigenvalue weighted by molar-refractivity contribution is -0.115. The first-order valence-electron chi connectivity index (χ1n) is 17.9. The molecule has 1 aliphatic rings. The van der Waals surface area contributed by atoms with Gasteiger partial charge in [0.1, 0.15) is 23.0 Å². The molecule has 0 unspecified atom stereocenters. The second kappa shape index (κ2) is 22.6. The molecule has 0 fully saturated rings. The summed E-state index contributed by atoms with van der Waals surface area (Å²) in [6.07, 6.45) is 1.57. The minimum Gasteiger partial charge on any atom is -0.444 e. The molecule has 12 heteroatoms. The Morgan fingerprint density at radius 1 is 1.02 bits per heavy atom. The summed E-state index contributed by atoms with van der Waals surface area (Å²) in [5, 5.41) is 10.4. The summed E-state index contributed by atoms with van der Waals surface area (Å²) in [4.78, 5) is 28.8. The van der Waals surface area contributed by atoms with Crippen LogP contribution in [0.1, 0.15) is 129 Å². The smallest absolute Gasteiger partial charge is 0.410 e. The van der Waals surface area contributed by atoms with Crippen molar-refractivity contribution in [3.8, 4) is 5.00 Å². The lowest BCUT2D eigenvalue weighted by atomic mass is 10.00. The lowest BCUT2D eigenvalue weighted by Gasteiger charge is -2.29. The van der Waals surface area contributed by atoms with E-state index in [1.165, 1.54) is 22.9 Å². The van der Waals surface area contributed by atoms with Crippen molar-refractivity contribution in [3.05, 3.63) is 62.5 Å². The highest BCUT2D eigenvalue weighted by Crippen LogP contribution is 2.36. The quantitative estimate of drug-likeness (QED) is 0.245. The number of aliphatic imine (C=N–C) groups is 1. The molecule has 0 aliphatic carbocycles. The minimum absolute atomic E-state index is 0.217. The molecule has 0 spiro atoms. The number of benzene rings is 1. The number of carbonyl (C=O) groups excluding carboxylic acids is 2. The number of nitrogens with zero attached hydrogens (tertiary/aromatic N) is 5. The summed E-state index contributed by atoms with van der Waals surface area (Å²) < 4.78 is 13.3. The first-order valence-corrected chi connectivity index (χ1v) is 19.1. The van der Waals surface area contributed by atoms with Gasteiger partial charge in [-0.1, -0.05) is 65.3 Å². The topological polar surface area (TPSA) is 125 Å². The van der Waals surface area contributed by atoms with E-state index < -0.39 is 5.60 Å². The first-order chi connectivity index (χ1) is 23.7. The van der Waals surface area contributed by atoms with Crippen LogP contribution in [0.4, 0.5) is 4.79 Å². The van der Waals surface area contributed by atoms with Crippen molar-refractivity contribution in [1.29, 1.82) is 0 Å². The molecule has 2 N–H and O–H groups in total. The van der Waals surface area contributed by atoms with Gasteiger partial charge in [-0.15, -0.1) is 21.5 Å². The van der Waals surface area contributed by atoms with Crippen LogP contribution in [0.15, 0.2) is 29.3 Å². The summed E-state index contributed by atoms with van der Waals surface area (Å²) in [7, 11) is 1.76. The van der Waals surface area contributed by atoms with Gasteiger partial charge in [0.2, 0.25) is 5.91 Å². The lowest BCUT2D eigenvalue weighted by Crippen LogP contribution is -2.38. The van der Waals surface area contributed by atoms with Crippen LogP contribution >= 0.6 is 22.9 Å². The summed E-state index contributed by atoms with van der Waals surface area (Å²) in [5.74, 6) is 2.10. The van der Waals surface area contributed by atoms with Crippen molar-refractivity contribution < 1.29 is 19.1 Å². The SMILES string of the molecule is CC.CC.CC(C)CCOC(C)(C)CCN(C)C(=O)OC(C)(C)C.CC(N)=O.Cc1sc2c(c1C)C(c1ccc(Cl)cc1)=NCc1nnc(C)n1-2. The van der Waals surface area contributed by atoms with E-state index >= 15 is 0 Å². The summed E-state index contributed by atoms with van der Waals surface area (Å²) in [5.41, 5.74) is 8.33. The van der Waals surface area contributed by atoms with E-state index in [0.717, 1.165) is 52.4 Å². The second-order valence-corrected chi connectivity index (χ2v) is 15.3. The van der Waals surface area contributed by atoms with E-state index in [1.54, 1.807) is 23.3 Å². The number of aryl methyl sites for hydroxylation is 2. The Kier molecular flexibility index (Phi) is 21.2. The predicted molar refractivity (Wildman–Crippen MR) is 215 cm³/mol. The van der Waals surface area contributed by atoms with Crippen LogP contribution in [0.2, 0.25) is 5.02 Å². The minimum atomic E-state index is -0.450. The number of hydrogen-bond acceptors (Lipinski definition) is 8. The largest absolute Gasteiger partial charge is 0.444 e. The number of thiophene rings is 1. The molecule has 0 saturated heterocycles. The zero-order chi connectivity index (χ0) is 39.7. The average molecular weight is 750 g/mol. The van der Waals surface area contributed by atoms with Gasteiger partial charge in [-0.2, -0.15) is 0 Å². The molecule has 1 aromatic carbocycles. The fourth-order valence-electron chi connectivity index (χ4n) is 4.40. The van der Waals surface area contributed by atoms with Crippen LogP contribution < -0.4 is 5.73 Å². The van der Waals surface area contributed by atoms with Gasteiger partial charge in [0, 0.05) is 48.1 Å². The molecule has 2 aromatic heterocycles. The molecule has 3 heterocycles. The van der Waals surface area contributed by atoms with E-state index in [4.69, 9.17) is 26.1 Å². The number of primary amides is 1. The van der Waals surface area contributed by atoms with Gasteiger partial charge < -0.3 is 20.1 Å². The first kappa shape index (κ1) is 47.7. The Hall–Kier alpha value is -3.28. The van der Waals surface area contributed by atoms with Gasteiger partial charge in [0.05, 0.1) is 11.3 Å². The zero-order valence-electron chi connectivity index (χ0n) is 34.2. The maximum Gasteiger partial charge on any atom is 0.410 e. The standard InChI is InChI=1S/C17H15ClN4S.C16H33NO3.C2H5NO.2C2H6/c1-9-10(2)23-17-15(9)16(12-4-6-13(18)7-5-12)19-8-14-21-20-11(3)22(14)17;1-13(2)9-12-19-16(6,7)10-11-17(8)14(18)20-15(3,4)5;1-2(3)4;2*1-2/h4-7H,8H2,1-3H3;13H,9-12H2,1-8H3;1H3,(H2,3,4);2*1-2H3. The van der Waals surface area contributed by atoms with Crippen molar-refractivity contribution in [3.63, 3.8) is 0 Å². The molecular formula is C39H65ClN6O4S. The highest BCUT2D eigenvalue weighted by atomic mass is 35.5. The number of carbonyl (C=O) groups is 2. The van der Waals surface area contributed by atoms with Crippen molar-refractivity contribution in [2.24, 2.45) is 16.6 Å². The molecule has 0 bridgehead atoms. The summed E-state index contributed by atoms with van der Waals surface area (Å²) >= 11 is 7.80. The van der Waals surface area contributed by atoms with E-state index in [9.17, 15) is 9.59 Å². The van der Waals surface area contributed by atoms with Gasteiger partial charge in [-0.05, 0) is 91.8 Å². The second-order valence-electron chi connectivity index (χ2n) is 13.7. The van der Waals surface area contributed by atoms with Crippen LogP contribution in [-0.4, -0.2) is 68.8 Å². The highest BCUT2D eigenvalue weighted by molar-refractivity contribution is 7.15. The molecule has 4 rings (SSSR count). The van der Waals surface area contributed by atoms with Crippen LogP contribution in [-0.2, 0) is 20.8 Å². The van der Waals surface area contributed by atoms with E-state index in [2.05, 4.69) is 62.0 Å². The predicted octanol–water partition coefficient (Wildman–Crippen LogP) is 9.89. The molecule has 51 heavy (non-hydrogen) atoms. The zero-order valence-corrected chi connectivity index (χ0v) is 35.7. The fraction of sp³-hybridized carbons (Fsp3) is 0.615. The van der Waals surface area contributed by atoms with Gasteiger partial charge in [-0.25, -0.2) is 4.79 Å². The number of rotatable bonds is 8. The summed E-state index contributed by atoms with van der Waals surface area (Å²) in [6, 6.07) is 7.86.